The zero-order valence-electron chi connectivity index (χ0n) is 12.6. The van der Waals surface area contributed by atoms with Gasteiger partial charge in [0.1, 0.15) is 11.5 Å². The van der Waals surface area contributed by atoms with Crippen LogP contribution in [0.4, 0.5) is 0 Å². The topological polar surface area (TPSA) is 59.5 Å². The highest BCUT2D eigenvalue weighted by Crippen LogP contribution is 2.17. The van der Waals surface area contributed by atoms with Crippen LogP contribution in [0, 0.1) is 13.8 Å². The molecule has 0 aliphatic rings. The summed E-state index contributed by atoms with van der Waals surface area (Å²) < 4.78 is 5.47. The van der Waals surface area contributed by atoms with E-state index in [4.69, 9.17) is 10.2 Å². The van der Waals surface area contributed by atoms with Crippen LogP contribution >= 0.6 is 0 Å². The van der Waals surface area contributed by atoms with Crippen molar-refractivity contribution >= 4 is 5.91 Å². The van der Waals surface area contributed by atoms with Gasteiger partial charge in [-0.15, -0.1) is 0 Å². The number of hydrogen-bond acceptors (Lipinski definition) is 3. The Hall–Kier alpha value is -2.07. The summed E-state index contributed by atoms with van der Waals surface area (Å²) in [5.74, 6) is 1.43. The van der Waals surface area contributed by atoms with E-state index in [1.54, 1.807) is 6.07 Å². The van der Waals surface area contributed by atoms with E-state index >= 15 is 0 Å². The zero-order valence-corrected chi connectivity index (χ0v) is 12.6. The lowest BCUT2D eigenvalue weighted by Gasteiger charge is -2.22. The van der Waals surface area contributed by atoms with Crippen molar-refractivity contribution in [3.05, 3.63) is 59.0 Å². The summed E-state index contributed by atoms with van der Waals surface area (Å²) in [7, 11) is 0. The predicted octanol–water partition coefficient (Wildman–Crippen LogP) is 2.89. The smallest absolute Gasteiger partial charge is 0.257 e. The molecule has 4 nitrogen and oxygen atoms in total. The molecule has 0 aliphatic carbocycles. The average molecular weight is 286 g/mol. The number of hydrogen-bond donors (Lipinski definition) is 1. The highest BCUT2D eigenvalue weighted by molar-refractivity contribution is 5.95. The minimum Gasteiger partial charge on any atom is -0.466 e. The van der Waals surface area contributed by atoms with Crippen molar-refractivity contribution in [2.45, 2.75) is 26.8 Å². The molecule has 0 unspecified atom stereocenters. The largest absolute Gasteiger partial charge is 0.466 e. The average Bonchev–Trinajstić information content (AvgIpc) is 2.82. The van der Waals surface area contributed by atoms with Gasteiger partial charge < -0.3 is 15.1 Å². The Balaban J connectivity index is 2.19. The molecule has 0 radical (unpaired) electrons. The van der Waals surface area contributed by atoms with E-state index in [9.17, 15) is 4.79 Å². The van der Waals surface area contributed by atoms with E-state index in [1.807, 2.05) is 49.1 Å². The molecule has 21 heavy (non-hydrogen) atoms. The molecule has 0 bridgehead atoms. The normalized spacial score (nSPS) is 10.6. The summed E-state index contributed by atoms with van der Waals surface area (Å²) in [6.07, 6.45) is 0.786. The number of carbonyl (C=O) groups excluding carboxylic acids is 1. The number of benzene rings is 1. The SMILES string of the molecule is Cc1cc(C(=O)N(CCCN)Cc2ccccc2)c(C)o1. The van der Waals surface area contributed by atoms with Crippen LogP contribution in [0.15, 0.2) is 40.8 Å². The molecular formula is C17H22N2O2. The van der Waals surface area contributed by atoms with Crippen LogP contribution in [0.5, 0.6) is 0 Å². The van der Waals surface area contributed by atoms with E-state index in [0.717, 1.165) is 17.7 Å². The molecule has 2 N–H and O–H groups in total. The Morgan fingerprint density at radius 3 is 2.52 bits per heavy atom. The molecule has 112 valence electrons. The van der Waals surface area contributed by atoms with Crippen molar-refractivity contribution < 1.29 is 9.21 Å². The first kappa shape index (κ1) is 15.3. The van der Waals surface area contributed by atoms with Gasteiger partial charge in [0.15, 0.2) is 0 Å². The number of furan rings is 1. The standard InChI is InChI=1S/C17H22N2O2/c1-13-11-16(14(2)21-13)17(20)19(10-6-9-18)12-15-7-4-3-5-8-15/h3-5,7-8,11H,6,9-10,12,18H2,1-2H3. The van der Waals surface area contributed by atoms with Crippen molar-refractivity contribution in [2.75, 3.05) is 13.1 Å². The van der Waals surface area contributed by atoms with Gasteiger partial charge >= 0.3 is 0 Å². The van der Waals surface area contributed by atoms with Crippen LogP contribution < -0.4 is 5.73 Å². The summed E-state index contributed by atoms with van der Waals surface area (Å²) in [5.41, 5.74) is 7.34. The summed E-state index contributed by atoms with van der Waals surface area (Å²) >= 11 is 0. The molecule has 1 amide bonds. The lowest BCUT2D eigenvalue weighted by Crippen LogP contribution is -2.32. The van der Waals surface area contributed by atoms with Crippen LogP contribution in [-0.2, 0) is 6.54 Å². The van der Waals surface area contributed by atoms with E-state index in [1.165, 1.54) is 0 Å². The van der Waals surface area contributed by atoms with Gasteiger partial charge in [-0.25, -0.2) is 0 Å². The number of aryl methyl sites for hydroxylation is 2. The molecule has 1 aromatic heterocycles. The summed E-state index contributed by atoms with van der Waals surface area (Å²) in [6.45, 7) is 5.48. The van der Waals surface area contributed by atoms with Crippen molar-refractivity contribution in [2.24, 2.45) is 5.73 Å². The van der Waals surface area contributed by atoms with E-state index in [0.29, 0.717) is 31.0 Å². The minimum absolute atomic E-state index is 0.00153. The molecule has 4 heteroatoms. The molecule has 1 heterocycles. The summed E-state index contributed by atoms with van der Waals surface area (Å²) in [6, 6.07) is 11.8. The zero-order chi connectivity index (χ0) is 15.2. The molecular weight excluding hydrogens is 264 g/mol. The predicted molar refractivity (Wildman–Crippen MR) is 83.0 cm³/mol. The number of nitrogens with zero attached hydrogens (tertiary/aromatic N) is 1. The van der Waals surface area contributed by atoms with Gasteiger partial charge in [0.25, 0.3) is 5.91 Å². The summed E-state index contributed by atoms with van der Waals surface area (Å²) in [4.78, 5) is 14.5. The second kappa shape index (κ2) is 7.09. The first-order chi connectivity index (χ1) is 10.1. The maximum absolute atomic E-state index is 12.7. The molecule has 0 aliphatic heterocycles. The first-order valence-electron chi connectivity index (χ1n) is 7.22. The molecule has 0 atom stereocenters. The van der Waals surface area contributed by atoms with Crippen LogP contribution in [0.2, 0.25) is 0 Å². The Bertz CT molecular complexity index is 590. The third kappa shape index (κ3) is 3.95. The van der Waals surface area contributed by atoms with Crippen LogP contribution in [0.1, 0.15) is 33.9 Å². The van der Waals surface area contributed by atoms with Crippen molar-refractivity contribution in [1.82, 2.24) is 4.90 Å². The number of amides is 1. The quantitative estimate of drug-likeness (QED) is 0.888. The fraction of sp³-hybridized carbons (Fsp3) is 0.353. The van der Waals surface area contributed by atoms with Crippen molar-refractivity contribution in [3.8, 4) is 0 Å². The van der Waals surface area contributed by atoms with Gasteiger partial charge in [-0.1, -0.05) is 30.3 Å². The van der Waals surface area contributed by atoms with Gasteiger partial charge in [0.2, 0.25) is 0 Å². The molecule has 0 fully saturated rings. The first-order valence-corrected chi connectivity index (χ1v) is 7.22. The maximum atomic E-state index is 12.7. The third-order valence-electron chi connectivity index (χ3n) is 3.41. The second-order valence-electron chi connectivity index (χ2n) is 5.18. The highest BCUT2D eigenvalue weighted by atomic mass is 16.3. The van der Waals surface area contributed by atoms with E-state index in [-0.39, 0.29) is 5.91 Å². The third-order valence-corrected chi connectivity index (χ3v) is 3.41. The van der Waals surface area contributed by atoms with Crippen LogP contribution in [-0.4, -0.2) is 23.9 Å². The summed E-state index contributed by atoms with van der Waals surface area (Å²) in [5, 5.41) is 0. The highest BCUT2D eigenvalue weighted by Gasteiger charge is 2.20. The van der Waals surface area contributed by atoms with E-state index < -0.39 is 0 Å². The van der Waals surface area contributed by atoms with Crippen molar-refractivity contribution in [3.63, 3.8) is 0 Å². The maximum Gasteiger partial charge on any atom is 0.257 e. The van der Waals surface area contributed by atoms with Gasteiger partial charge in [-0.3, -0.25) is 4.79 Å². The monoisotopic (exact) mass is 286 g/mol. The Morgan fingerprint density at radius 2 is 1.95 bits per heavy atom. The van der Waals surface area contributed by atoms with Crippen LogP contribution in [0.25, 0.3) is 0 Å². The number of nitrogens with two attached hydrogens (primary N) is 1. The number of rotatable bonds is 6. The van der Waals surface area contributed by atoms with Gasteiger partial charge in [0, 0.05) is 13.1 Å². The molecule has 2 aromatic rings. The second-order valence-corrected chi connectivity index (χ2v) is 5.18. The minimum atomic E-state index is 0.00153. The van der Waals surface area contributed by atoms with Gasteiger partial charge in [0.05, 0.1) is 5.56 Å². The fourth-order valence-corrected chi connectivity index (χ4v) is 2.35. The van der Waals surface area contributed by atoms with Crippen LogP contribution in [0.3, 0.4) is 0 Å². The van der Waals surface area contributed by atoms with Gasteiger partial charge in [-0.2, -0.15) is 0 Å². The molecule has 0 saturated carbocycles. The lowest BCUT2D eigenvalue weighted by molar-refractivity contribution is 0.0740. The fourth-order valence-electron chi connectivity index (χ4n) is 2.35. The Morgan fingerprint density at radius 1 is 1.24 bits per heavy atom. The molecule has 2 rings (SSSR count). The number of carbonyl (C=O) groups is 1. The Kier molecular flexibility index (Phi) is 5.17. The molecule has 0 saturated heterocycles. The Labute approximate surface area is 125 Å². The van der Waals surface area contributed by atoms with E-state index in [2.05, 4.69) is 0 Å². The van der Waals surface area contributed by atoms with Gasteiger partial charge in [-0.05, 0) is 38.4 Å². The lowest BCUT2D eigenvalue weighted by atomic mass is 10.1. The van der Waals surface area contributed by atoms with Crippen molar-refractivity contribution in [1.29, 1.82) is 0 Å². The molecule has 1 aromatic carbocycles. The molecule has 0 spiro atoms.